The number of pyridine rings is 2. The molecule has 0 radical (unpaired) electrons. The average molecular weight is 527 g/mol. The summed E-state index contributed by atoms with van der Waals surface area (Å²) < 4.78 is 21.0. The zero-order chi connectivity index (χ0) is 27.1. The number of likely N-dealkylation sites (N-methyl/N-ethyl adjacent to an activating group) is 1. The highest BCUT2D eigenvalue weighted by atomic mass is 28.4. The Labute approximate surface area is 217 Å². The second-order valence-electron chi connectivity index (χ2n) is 11.1. The Hall–Kier alpha value is -3.24. The Kier molecular flexibility index (Phi) is 7.18. The Morgan fingerprint density at radius 1 is 1.22 bits per heavy atom. The second kappa shape index (κ2) is 9.90. The van der Waals surface area contributed by atoms with Crippen molar-refractivity contribution >= 4 is 30.9 Å². The van der Waals surface area contributed by atoms with Crippen LogP contribution in [0.4, 0.5) is 10.1 Å². The molecule has 2 N–H and O–H groups in total. The zero-order valence-electron chi connectivity index (χ0n) is 22.3. The summed E-state index contributed by atoms with van der Waals surface area (Å²) in [7, 11) is -0.0569. The first-order chi connectivity index (χ1) is 17.3. The lowest BCUT2D eigenvalue weighted by Gasteiger charge is -2.36. The molecule has 1 aliphatic rings. The topological polar surface area (TPSA) is 96.7 Å². The highest BCUT2D eigenvalue weighted by molar-refractivity contribution is 6.74. The first-order valence-corrected chi connectivity index (χ1v) is 15.4. The summed E-state index contributed by atoms with van der Waals surface area (Å²) >= 11 is 0. The third-order valence-electron chi connectivity index (χ3n) is 7.52. The van der Waals surface area contributed by atoms with E-state index in [0.29, 0.717) is 31.6 Å². The highest BCUT2D eigenvalue weighted by Crippen LogP contribution is 2.37. The number of hydrogen-bond donors (Lipinski definition) is 2. The van der Waals surface area contributed by atoms with Gasteiger partial charge in [0.25, 0.3) is 11.5 Å². The van der Waals surface area contributed by atoms with E-state index in [9.17, 15) is 19.1 Å². The number of carbonyl (C=O) groups is 1. The summed E-state index contributed by atoms with van der Waals surface area (Å²) in [5, 5.41) is 13.8. The number of hydrogen-bond acceptors (Lipinski definition) is 6. The van der Waals surface area contributed by atoms with E-state index in [0.717, 1.165) is 16.8 Å². The number of aromatic hydroxyl groups is 1. The van der Waals surface area contributed by atoms with E-state index in [1.165, 1.54) is 16.7 Å². The van der Waals surface area contributed by atoms with Gasteiger partial charge in [0.2, 0.25) is 0 Å². The molecule has 0 saturated heterocycles. The van der Waals surface area contributed by atoms with Crippen LogP contribution >= 0.6 is 0 Å². The summed E-state index contributed by atoms with van der Waals surface area (Å²) in [6.07, 6.45) is 2.13. The van der Waals surface area contributed by atoms with E-state index >= 15 is 0 Å². The van der Waals surface area contributed by atoms with Gasteiger partial charge in [0, 0.05) is 44.9 Å². The maximum Gasteiger partial charge on any atom is 0.267 e. The molecule has 0 saturated carbocycles. The van der Waals surface area contributed by atoms with Crippen molar-refractivity contribution in [2.24, 2.45) is 0 Å². The first-order valence-electron chi connectivity index (χ1n) is 12.5. The Balaban J connectivity index is 1.65. The molecule has 8 nitrogen and oxygen atoms in total. The lowest BCUT2D eigenvalue weighted by Crippen LogP contribution is -2.43. The van der Waals surface area contributed by atoms with E-state index in [1.807, 2.05) is 11.9 Å². The van der Waals surface area contributed by atoms with Gasteiger partial charge in [-0.3, -0.25) is 14.6 Å². The molecular weight excluding hydrogens is 491 g/mol. The molecule has 3 heterocycles. The summed E-state index contributed by atoms with van der Waals surface area (Å²) in [5.41, 5.74) is 2.33. The Bertz CT molecular complexity index is 1400. The van der Waals surface area contributed by atoms with Crippen LogP contribution in [0.15, 0.2) is 35.3 Å². The van der Waals surface area contributed by atoms with Crippen LogP contribution in [-0.2, 0) is 17.4 Å². The van der Waals surface area contributed by atoms with Crippen LogP contribution in [0.3, 0.4) is 0 Å². The van der Waals surface area contributed by atoms with Crippen molar-refractivity contribution in [1.82, 2.24) is 14.9 Å². The molecule has 198 valence electrons. The van der Waals surface area contributed by atoms with Gasteiger partial charge in [-0.2, -0.15) is 0 Å². The maximum absolute atomic E-state index is 13.4. The largest absolute Gasteiger partial charge is 0.505 e. The molecule has 4 rings (SSSR count). The molecule has 1 amide bonds. The quantitative estimate of drug-likeness (QED) is 0.356. The smallest absolute Gasteiger partial charge is 0.267 e. The van der Waals surface area contributed by atoms with Gasteiger partial charge in [-0.15, -0.1) is 0 Å². The van der Waals surface area contributed by atoms with Gasteiger partial charge in [0.05, 0.1) is 17.8 Å². The molecule has 0 bridgehead atoms. The second-order valence-corrected chi connectivity index (χ2v) is 15.9. The molecule has 0 atom stereocenters. The molecule has 0 aliphatic carbocycles. The van der Waals surface area contributed by atoms with Crippen molar-refractivity contribution in [2.45, 2.75) is 51.9 Å². The molecule has 3 aromatic rings. The summed E-state index contributed by atoms with van der Waals surface area (Å²) in [5.74, 6) is -1.39. The molecule has 1 aliphatic heterocycles. The van der Waals surface area contributed by atoms with Gasteiger partial charge >= 0.3 is 0 Å². The molecule has 37 heavy (non-hydrogen) atoms. The predicted octanol–water partition coefficient (Wildman–Crippen LogP) is 4.03. The fourth-order valence-corrected chi connectivity index (χ4v) is 5.39. The van der Waals surface area contributed by atoms with Gasteiger partial charge in [-0.05, 0) is 35.8 Å². The van der Waals surface area contributed by atoms with Gasteiger partial charge in [0.15, 0.2) is 14.1 Å². The molecular formula is C27H35FN4O4Si. The van der Waals surface area contributed by atoms with Crippen LogP contribution < -0.4 is 15.8 Å². The minimum absolute atomic E-state index is 0.0429. The molecule has 0 fully saturated rings. The molecule has 2 aromatic heterocycles. The van der Waals surface area contributed by atoms with Crippen molar-refractivity contribution in [3.63, 3.8) is 0 Å². The summed E-state index contributed by atoms with van der Waals surface area (Å²) in [6, 6.07) is 6.23. The van der Waals surface area contributed by atoms with Crippen LogP contribution in [-0.4, -0.2) is 55.6 Å². The summed E-state index contributed by atoms with van der Waals surface area (Å²) in [4.78, 5) is 32.9. The van der Waals surface area contributed by atoms with Gasteiger partial charge in [0.1, 0.15) is 16.9 Å². The van der Waals surface area contributed by atoms with Crippen molar-refractivity contribution in [3.05, 3.63) is 63.3 Å². The SMILES string of the molecule is CN1CCn2c(=O)c(C(=O)NCCO[Si](C)(C)C(C)(C)C)c(O)c3ncc(Cc4ccc(F)cc4)c1c32. The van der Waals surface area contributed by atoms with Crippen LogP contribution in [0.1, 0.15) is 42.3 Å². The van der Waals surface area contributed by atoms with E-state index in [2.05, 4.69) is 44.2 Å². The van der Waals surface area contributed by atoms with Crippen LogP contribution in [0.2, 0.25) is 18.1 Å². The van der Waals surface area contributed by atoms with E-state index in [1.54, 1.807) is 18.3 Å². The maximum atomic E-state index is 13.4. The number of nitrogens with zero attached hydrogens (tertiary/aromatic N) is 3. The fraction of sp³-hybridized carbons (Fsp3) is 0.444. The van der Waals surface area contributed by atoms with Crippen LogP contribution in [0, 0.1) is 5.82 Å². The number of anilines is 1. The average Bonchev–Trinajstić information content (AvgIpc) is 2.82. The lowest BCUT2D eigenvalue weighted by atomic mass is 10.0. The van der Waals surface area contributed by atoms with Crippen molar-refractivity contribution in [2.75, 3.05) is 31.6 Å². The zero-order valence-corrected chi connectivity index (χ0v) is 23.3. The monoisotopic (exact) mass is 526 g/mol. The Morgan fingerprint density at radius 3 is 2.54 bits per heavy atom. The molecule has 10 heteroatoms. The molecule has 0 spiro atoms. The number of amides is 1. The van der Waals surface area contributed by atoms with Crippen LogP contribution in [0.25, 0.3) is 11.0 Å². The summed E-state index contributed by atoms with van der Waals surface area (Å²) in [6.45, 7) is 12.1. The first kappa shape index (κ1) is 26.8. The third kappa shape index (κ3) is 5.13. The fourth-order valence-electron chi connectivity index (χ4n) is 4.35. The van der Waals surface area contributed by atoms with Crippen molar-refractivity contribution < 1.29 is 18.7 Å². The van der Waals surface area contributed by atoms with Crippen LogP contribution in [0.5, 0.6) is 5.75 Å². The highest BCUT2D eigenvalue weighted by Gasteiger charge is 2.37. The molecule has 1 aromatic carbocycles. The van der Waals surface area contributed by atoms with Crippen molar-refractivity contribution in [3.8, 4) is 5.75 Å². The normalized spacial score (nSPS) is 13.8. The minimum atomic E-state index is -1.97. The van der Waals surface area contributed by atoms with Gasteiger partial charge < -0.3 is 24.3 Å². The van der Waals surface area contributed by atoms with E-state index in [-0.39, 0.29) is 28.5 Å². The number of aromatic nitrogens is 2. The Morgan fingerprint density at radius 2 is 1.89 bits per heavy atom. The van der Waals surface area contributed by atoms with Crippen molar-refractivity contribution in [1.29, 1.82) is 0 Å². The number of benzene rings is 1. The van der Waals surface area contributed by atoms with E-state index in [4.69, 9.17) is 4.43 Å². The van der Waals surface area contributed by atoms with Gasteiger partial charge in [-0.25, -0.2) is 4.39 Å². The number of halogens is 1. The standard InChI is InChI=1S/C27H35FN4O4Si/c1-27(2,3)37(5,6)36-14-11-29-25(34)20-24(33)21-23-22(31(4)12-13-32(23)26(20)35)18(16-30-21)15-17-7-9-19(28)10-8-17/h7-10,16,33H,11-15H2,1-6H3,(H,29,34). The molecule has 0 unspecified atom stereocenters. The third-order valence-corrected chi connectivity index (χ3v) is 12.1. The lowest BCUT2D eigenvalue weighted by molar-refractivity contribution is 0.0941. The predicted molar refractivity (Wildman–Crippen MR) is 146 cm³/mol. The minimum Gasteiger partial charge on any atom is -0.505 e. The number of rotatable bonds is 7. The number of nitrogens with one attached hydrogen (secondary N) is 1. The van der Waals surface area contributed by atoms with E-state index < -0.39 is 25.5 Å². The number of carbonyl (C=O) groups excluding carboxylic acids is 1. The van der Waals surface area contributed by atoms with Gasteiger partial charge in [-0.1, -0.05) is 32.9 Å².